The highest BCUT2D eigenvalue weighted by Gasteiger charge is 2.32. The zero-order chi connectivity index (χ0) is 14.8. The van der Waals surface area contributed by atoms with Gasteiger partial charge in [0, 0.05) is 24.1 Å². The van der Waals surface area contributed by atoms with Crippen LogP contribution in [0, 0.1) is 11.3 Å². The molecular weight excluding hydrogens is 312 g/mol. The van der Waals surface area contributed by atoms with E-state index in [4.69, 9.17) is 0 Å². The average Bonchev–Trinajstić information content (AvgIpc) is 2.85. The molecule has 0 radical (unpaired) electrons. The molecule has 1 aromatic carbocycles. The lowest BCUT2D eigenvalue weighted by atomic mass is 9.80. The normalized spacial score (nSPS) is 19.6. The number of hydrogen-bond acceptors (Lipinski definition) is 2. The summed E-state index contributed by atoms with van der Waals surface area (Å²) in [5.41, 5.74) is 3.10. The molecule has 1 atom stereocenters. The summed E-state index contributed by atoms with van der Waals surface area (Å²) in [7, 11) is 0. The van der Waals surface area contributed by atoms with Crippen LogP contribution >= 0.6 is 15.9 Å². The van der Waals surface area contributed by atoms with Gasteiger partial charge in [-0.2, -0.15) is 0 Å². The van der Waals surface area contributed by atoms with Gasteiger partial charge in [-0.05, 0) is 57.9 Å². The van der Waals surface area contributed by atoms with Crippen molar-refractivity contribution in [3.63, 3.8) is 0 Å². The van der Waals surface area contributed by atoms with E-state index in [0.29, 0.717) is 5.41 Å². The molecule has 0 amide bonds. The second-order valence-electron chi connectivity index (χ2n) is 6.86. The Bertz CT molecular complexity index is 451. The van der Waals surface area contributed by atoms with E-state index in [1.54, 1.807) is 0 Å². The number of halogens is 1. The number of anilines is 1. The van der Waals surface area contributed by atoms with E-state index in [1.807, 2.05) is 0 Å². The van der Waals surface area contributed by atoms with Crippen molar-refractivity contribution in [3.05, 3.63) is 28.2 Å². The van der Waals surface area contributed by atoms with Gasteiger partial charge >= 0.3 is 0 Å². The first-order chi connectivity index (χ1) is 9.41. The van der Waals surface area contributed by atoms with Gasteiger partial charge in [-0.25, -0.2) is 0 Å². The van der Waals surface area contributed by atoms with Gasteiger partial charge in [0.05, 0.1) is 5.69 Å². The van der Waals surface area contributed by atoms with Crippen LogP contribution in [0.15, 0.2) is 22.7 Å². The van der Waals surface area contributed by atoms with Crippen LogP contribution < -0.4 is 10.2 Å². The molecule has 1 saturated heterocycles. The van der Waals surface area contributed by atoms with Gasteiger partial charge in [0.25, 0.3) is 0 Å². The predicted molar refractivity (Wildman–Crippen MR) is 91.3 cm³/mol. The third-order valence-electron chi connectivity index (χ3n) is 4.34. The Hall–Kier alpha value is -0.540. The first-order valence-electron chi connectivity index (χ1n) is 7.66. The quantitative estimate of drug-likeness (QED) is 0.873. The van der Waals surface area contributed by atoms with E-state index in [1.165, 1.54) is 35.2 Å². The molecule has 3 heteroatoms. The monoisotopic (exact) mass is 338 g/mol. The molecule has 1 unspecified atom stereocenters. The molecule has 2 nitrogen and oxygen atoms in total. The SMILES string of the molecule is CCNCc1ccc(N2CCC(C(C)(C)C)C2)c(Br)c1. The van der Waals surface area contributed by atoms with Crippen molar-refractivity contribution in [2.45, 2.75) is 40.7 Å². The van der Waals surface area contributed by atoms with E-state index < -0.39 is 0 Å². The van der Waals surface area contributed by atoms with Crippen LogP contribution in [0.3, 0.4) is 0 Å². The Kier molecular flexibility index (Phi) is 5.14. The minimum Gasteiger partial charge on any atom is -0.370 e. The minimum atomic E-state index is 0.409. The molecule has 1 fully saturated rings. The van der Waals surface area contributed by atoms with Crippen LogP contribution in [0.4, 0.5) is 5.69 Å². The van der Waals surface area contributed by atoms with Crippen LogP contribution in [-0.2, 0) is 6.54 Å². The molecule has 1 N–H and O–H groups in total. The molecule has 0 aliphatic carbocycles. The molecule has 2 rings (SSSR count). The van der Waals surface area contributed by atoms with Crippen LogP contribution in [0.2, 0.25) is 0 Å². The number of hydrogen-bond donors (Lipinski definition) is 1. The highest BCUT2D eigenvalue weighted by atomic mass is 79.9. The summed E-state index contributed by atoms with van der Waals surface area (Å²) in [5, 5.41) is 3.37. The van der Waals surface area contributed by atoms with E-state index in [-0.39, 0.29) is 0 Å². The van der Waals surface area contributed by atoms with E-state index >= 15 is 0 Å². The fourth-order valence-corrected chi connectivity index (χ4v) is 3.55. The zero-order valence-electron chi connectivity index (χ0n) is 13.2. The van der Waals surface area contributed by atoms with Crippen molar-refractivity contribution in [1.29, 1.82) is 0 Å². The maximum Gasteiger partial charge on any atom is 0.0510 e. The second kappa shape index (κ2) is 6.48. The first-order valence-corrected chi connectivity index (χ1v) is 8.45. The summed E-state index contributed by atoms with van der Waals surface area (Å²) in [4.78, 5) is 2.52. The van der Waals surface area contributed by atoms with Gasteiger partial charge in [0.2, 0.25) is 0 Å². The van der Waals surface area contributed by atoms with Gasteiger partial charge in [-0.15, -0.1) is 0 Å². The molecule has 0 bridgehead atoms. The Morgan fingerprint density at radius 2 is 2.10 bits per heavy atom. The van der Waals surface area contributed by atoms with Crippen LogP contribution in [0.25, 0.3) is 0 Å². The molecule has 20 heavy (non-hydrogen) atoms. The van der Waals surface area contributed by atoms with E-state index in [2.05, 4.69) is 72.0 Å². The number of nitrogens with zero attached hydrogens (tertiary/aromatic N) is 1. The molecule has 112 valence electrons. The zero-order valence-corrected chi connectivity index (χ0v) is 14.8. The minimum absolute atomic E-state index is 0.409. The first kappa shape index (κ1) is 15.8. The van der Waals surface area contributed by atoms with Crippen molar-refractivity contribution in [2.75, 3.05) is 24.5 Å². The van der Waals surface area contributed by atoms with Crippen molar-refractivity contribution in [3.8, 4) is 0 Å². The summed E-state index contributed by atoms with van der Waals surface area (Å²) in [6, 6.07) is 6.76. The summed E-state index contributed by atoms with van der Waals surface area (Å²) in [6.07, 6.45) is 1.30. The maximum atomic E-state index is 3.75. The lowest BCUT2D eigenvalue weighted by Crippen LogP contribution is -2.26. The second-order valence-corrected chi connectivity index (χ2v) is 7.72. The summed E-state index contributed by atoms with van der Waals surface area (Å²) < 4.78 is 1.22. The van der Waals surface area contributed by atoms with Crippen molar-refractivity contribution < 1.29 is 0 Å². The van der Waals surface area contributed by atoms with E-state index in [0.717, 1.165) is 19.0 Å². The van der Waals surface area contributed by atoms with Crippen LogP contribution in [0.5, 0.6) is 0 Å². The fourth-order valence-electron chi connectivity index (χ4n) is 2.87. The molecule has 1 heterocycles. The standard InChI is InChI=1S/C17H27BrN2/c1-5-19-11-13-6-7-16(15(18)10-13)20-9-8-14(12-20)17(2,3)4/h6-7,10,14,19H,5,8-9,11-12H2,1-4H3. The lowest BCUT2D eigenvalue weighted by Gasteiger charge is -2.28. The Morgan fingerprint density at radius 3 is 2.65 bits per heavy atom. The van der Waals surface area contributed by atoms with Crippen molar-refractivity contribution >= 4 is 21.6 Å². The van der Waals surface area contributed by atoms with Gasteiger partial charge < -0.3 is 10.2 Å². The third-order valence-corrected chi connectivity index (χ3v) is 4.98. The van der Waals surface area contributed by atoms with Gasteiger partial charge in [0.15, 0.2) is 0 Å². The highest BCUT2D eigenvalue weighted by Crippen LogP contribution is 2.38. The molecular formula is C17H27BrN2. The van der Waals surface area contributed by atoms with Crippen LogP contribution in [-0.4, -0.2) is 19.6 Å². The Morgan fingerprint density at radius 1 is 1.35 bits per heavy atom. The topological polar surface area (TPSA) is 15.3 Å². The largest absolute Gasteiger partial charge is 0.370 e. The molecule has 1 aliphatic heterocycles. The lowest BCUT2D eigenvalue weighted by molar-refractivity contribution is 0.263. The third kappa shape index (κ3) is 3.76. The number of rotatable bonds is 4. The smallest absolute Gasteiger partial charge is 0.0510 e. The molecule has 0 saturated carbocycles. The van der Waals surface area contributed by atoms with Gasteiger partial charge in [-0.1, -0.05) is 33.8 Å². The molecule has 1 aromatic rings. The molecule has 0 spiro atoms. The van der Waals surface area contributed by atoms with Crippen molar-refractivity contribution in [2.24, 2.45) is 11.3 Å². The Labute approximate surface area is 132 Å². The van der Waals surface area contributed by atoms with Gasteiger partial charge in [0.1, 0.15) is 0 Å². The maximum absolute atomic E-state index is 3.75. The molecule has 0 aromatic heterocycles. The van der Waals surface area contributed by atoms with Crippen molar-refractivity contribution in [1.82, 2.24) is 5.32 Å². The number of nitrogens with one attached hydrogen (secondary N) is 1. The average molecular weight is 339 g/mol. The summed E-state index contributed by atoms with van der Waals surface area (Å²) >= 11 is 3.75. The highest BCUT2D eigenvalue weighted by molar-refractivity contribution is 9.10. The molecule has 1 aliphatic rings. The fraction of sp³-hybridized carbons (Fsp3) is 0.647. The van der Waals surface area contributed by atoms with Gasteiger partial charge in [-0.3, -0.25) is 0 Å². The number of benzene rings is 1. The summed E-state index contributed by atoms with van der Waals surface area (Å²) in [6.45, 7) is 13.5. The van der Waals surface area contributed by atoms with E-state index in [9.17, 15) is 0 Å². The van der Waals surface area contributed by atoms with Crippen LogP contribution in [0.1, 0.15) is 39.7 Å². The summed E-state index contributed by atoms with van der Waals surface area (Å²) in [5.74, 6) is 0.788. The Balaban J connectivity index is 2.07. The predicted octanol–water partition coefficient (Wildman–Crippen LogP) is 4.43.